The van der Waals surface area contributed by atoms with Gasteiger partial charge in [0.1, 0.15) is 0 Å². The van der Waals surface area contributed by atoms with Gasteiger partial charge in [0.15, 0.2) is 0 Å². The fourth-order valence-electron chi connectivity index (χ4n) is 2.04. The van der Waals surface area contributed by atoms with Gasteiger partial charge in [0, 0.05) is 39.6 Å². The van der Waals surface area contributed by atoms with E-state index in [-0.39, 0.29) is 31.0 Å². The summed E-state index contributed by atoms with van der Waals surface area (Å²) >= 11 is 0. The molecular weight excluding hydrogens is 250 g/mol. The summed E-state index contributed by atoms with van der Waals surface area (Å²) in [5.74, 6) is -0.249. The number of nitrogens with zero attached hydrogens (tertiary/aromatic N) is 2. The lowest BCUT2D eigenvalue weighted by Crippen LogP contribution is -2.47. The zero-order valence-electron chi connectivity index (χ0n) is 11.5. The number of piperidine rings is 1. The summed E-state index contributed by atoms with van der Waals surface area (Å²) in [6, 6.07) is -0.0328. The molecular formula is C12H23N3O4. The number of aliphatic hydroxyl groups excluding tert-OH is 2. The number of hydrogen-bond acceptors (Lipinski definition) is 4. The van der Waals surface area contributed by atoms with Gasteiger partial charge in [-0.3, -0.25) is 4.79 Å². The number of aliphatic hydroxyl groups is 2. The predicted octanol–water partition coefficient (Wildman–Crippen LogP) is -1.15. The molecule has 7 heteroatoms. The Balaban J connectivity index is 2.33. The van der Waals surface area contributed by atoms with Crippen LogP contribution in [-0.4, -0.2) is 78.4 Å². The first-order chi connectivity index (χ1) is 8.95. The van der Waals surface area contributed by atoms with Crippen LogP contribution in [0.3, 0.4) is 0 Å². The summed E-state index contributed by atoms with van der Waals surface area (Å²) < 4.78 is 0. The Kier molecular flexibility index (Phi) is 6.04. The van der Waals surface area contributed by atoms with Crippen LogP contribution in [0, 0.1) is 5.92 Å². The maximum atomic E-state index is 11.8. The van der Waals surface area contributed by atoms with Crippen LogP contribution in [0.4, 0.5) is 4.79 Å². The largest absolute Gasteiger partial charge is 0.394 e. The summed E-state index contributed by atoms with van der Waals surface area (Å²) in [4.78, 5) is 26.8. The fraction of sp³-hybridized carbons (Fsp3) is 0.833. The standard InChI is InChI=1S/C12H23N3O4/c1-14(2)12(19)15-5-3-9(4-6-15)11(18)13-7-10(17)8-16/h9-10,16-17H,3-8H2,1-2H3,(H,13,18). The molecule has 0 aliphatic carbocycles. The van der Waals surface area contributed by atoms with Crippen molar-refractivity contribution in [2.75, 3.05) is 40.3 Å². The molecule has 3 amide bonds. The van der Waals surface area contributed by atoms with Crippen molar-refractivity contribution in [2.45, 2.75) is 18.9 Å². The first-order valence-electron chi connectivity index (χ1n) is 6.48. The minimum atomic E-state index is -0.917. The molecule has 110 valence electrons. The van der Waals surface area contributed by atoms with Gasteiger partial charge in [-0.05, 0) is 12.8 Å². The van der Waals surface area contributed by atoms with Gasteiger partial charge in [0.05, 0.1) is 12.7 Å². The number of hydrogen-bond donors (Lipinski definition) is 3. The number of carbonyl (C=O) groups is 2. The van der Waals surface area contributed by atoms with Crippen LogP contribution in [-0.2, 0) is 4.79 Å². The highest BCUT2D eigenvalue weighted by Gasteiger charge is 2.27. The summed E-state index contributed by atoms with van der Waals surface area (Å²) in [7, 11) is 3.41. The number of rotatable bonds is 4. The predicted molar refractivity (Wildman–Crippen MR) is 69.5 cm³/mol. The van der Waals surface area contributed by atoms with Gasteiger partial charge in [0.25, 0.3) is 0 Å². The minimum absolute atomic E-state index is 0.0328. The second-order valence-electron chi connectivity index (χ2n) is 5.02. The van der Waals surface area contributed by atoms with Crippen molar-refractivity contribution in [3.8, 4) is 0 Å². The maximum absolute atomic E-state index is 11.8. The molecule has 3 N–H and O–H groups in total. The Labute approximate surface area is 113 Å². The molecule has 19 heavy (non-hydrogen) atoms. The zero-order valence-corrected chi connectivity index (χ0v) is 11.5. The molecule has 0 spiro atoms. The van der Waals surface area contributed by atoms with E-state index in [0.717, 1.165) is 0 Å². The van der Waals surface area contributed by atoms with Crippen LogP contribution in [0.2, 0.25) is 0 Å². The summed E-state index contributed by atoms with van der Waals surface area (Å²) in [6.07, 6.45) is 0.334. The third kappa shape index (κ3) is 4.68. The molecule has 1 unspecified atom stereocenters. The van der Waals surface area contributed by atoms with Crippen molar-refractivity contribution in [3.05, 3.63) is 0 Å². The number of carbonyl (C=O) groups excluding carboxylic acids is 2. The molecule has 0 aromatic heterocycles. The van der Waals surface area contributed by atoms with Gasteiger partial charge in [-0.2, -0.15) is 0 Å². The Bertz CT molecular complexity index is 314. The van der Waals surface area contributed by atoms with Crippen molar-refractivity contribution in [1.82, 2.24) is 15.1 Å². The third-order valence-electron chi connectivity index (χ3n) is 3.24. The molecule has 1 aliphatic heterocycles. The van der Waals surface area contributed by atoms with Crippen molar-refractivity contribution in [3.63, 3.8) is 0 Å². The molecule has 1 fully saturated rings. The second-order valence-corrected chi connectivity index (χ2v) is 5.02. The van der Waals surface area contributed by atoms with Crippen LogP contribution in [0.15, 0.2) is 0 Å². The van der Waals surface area contributed by atoms with E-state index in [9.17, 15) is 9.59 Å². The summed E-state index contributed by atoms with van der Waals surface area (Å²) in [5.41, 5.74) is 0. The highest BCUT2D eigenvalue weighted by atomic mass is 16.3. The van der Waals surface area contributed by atoms with Gasteiger partial charge in [-0.15, -0.1) is 0 Å². The molecule has 1 aliphatic rings. The van der Waals surface area contributed by atoms with Crippen molar-refractivity contribution < 1.29 is 19.8 Å². The van der Waals surface area contributed by atoms with Gasteiger partial charge in [0.2, 0.25) is 5.91 Å². The van der Waals surface area contributed by atoms with Crippen molar-refractivity contribution >= 4 is 11.9 Å². The van der Waals surface area contributed by atoms with E-state index >= 15 is 0 Å². The van der Waals surface area contributed by atoms with E-state index in [1.807, 2.05) is 0 Å². The zero-order chi connectivity index (χ0) is 14.4. The number of urea groups is 1. The molecule has 1 saturated heterocycles. The van der Waals surface area contributed by atoms with Crippen molar-refractivity contribution in [1.29, 1.82) is 0 Å². The lowest BCUT2D eigenvalue weighted by molar-refractivity contribution is -0.126. The van der Waals surface area contributed by atoms with Crippen LogP contribution in [0.5, 0.6) is 0 Å². The maximum Gasteiger partial charge on any atom is 0.319 e. The molecule has 0 aromatic rings. The lowest BCUT2D eigenvalue weighted by Gasteiger charge is -2.33. The summed E-state index contributed by atoms with van der Waals surface area (Å²) in [5, 5.41) is 20.4. The van der Waals surface area contributed by atoms with E-state index in [2.05, 4.69) is 5.32 Å². The molecule has 0 radical (unpaired) electrons. The topological polar surface area (TPSA) is 93.1 Å². The number of amides is 3. The SMILES string of the molecule is CN(C)C(=O)N1CCC(C(=O)NCC(O)CO)CC1. The quantitative estimate of drug-likeness (QED) is 0.603. The number of likely N-dealkylation sites (tertiary alicyclic amines) is 1. The van der Waals surface area contributed by atoms with E-state index in [0.29, 0.717) is 25.9 Å². The lowest BCUT2D eigenvalue weighted by atomic mass is 9.96. The Morgan fingerprint density at radius 1 is 1.37 bits per heavy atom. The number of nitrogens with one attached hydrogen (secondary N) is 1. The van der Waals surface area contributed by atoms with E-state index in [1.54, 1.807) is 19.0 Å². The molecule has 0 bridgehead atoms. The van der Waals surface area contributed by atoms with Crippen molar-refractivity contribution in [2.24, 2.45) is 5.92 Å². The van der Waals surface area contributed by atoms with Crippen LogP contribution < -0.4 is 5.32 Å². The molecule has 1 heterocycles. The minimum Gasteiger partial charge on any atom is -0.394 e. The Morgan fingerprint density at radius 2 is 1.95 bits per heavy atom. The highest BCUT2D eigenvalue weighted by molar-refractivity contribution is 5.79. The Morgan fingerprint density at radius 3 is 2.42 bits per heavy atom. The van der Waals surface area contributed by atoms with E-state index < -0.39 is 6.10 Å². The van der Waals surface area contributed by atoms with Crippen LogP contribution in [0.25, 0.3) is 0 Å². The van der Waals surface area contributed by atoms with Gasteiger partial charge >= 0.3 is 6.03 Å². The smallest absolute Gasteiger partial charge is 0.319 e. The molecule has 7 nitrogen and oxygen atoms in total. The van der Waals surface area contributed by atoms with Gasteiger partial charge < -0.3 is 25.3 Å². The van der Waals surface area contributed by atoms with Gasteiger partial charge in [-0.25, -0.2) is 4.79 Å². The molecule has 1 rings (SSSR count). The average Bonchev–Trinajstić information content (AvgIpc) is 2.43. The van der Waals surface area contributed by atoms with Gasteiger partial charge in [-0.1, -0.05) is 0 Å². The third-order valence-corrected chi connectivity index (χ3v) is 3.24. The molecule has 1 atom stereocenters. The first kappa shape index (κ1) is 15.7. The molecule has 0 aromatic carbocycles. The van der Waals surface area contributed by atoms with E-state index in [4.69, 9.17) is 10.2 Å². The second kappa shape index (κ2) is 7.30. The monoisotopic (exact) mass is 273 g/mol. The highest BCUT2D eigenvalue weighted by Crippen LogP contribution is 2.18. The average molecular weight is 273 g/mol. The first-order valence-corrected chi connectivity index (χ1v) is 6.48. The van der Waals surface area contributed by atoms with E-state index in [1.165, 1.54) is 4.90 Å². The normalized spacial score (nSPS) is 18.0. The van der Waals surface area contributed by atoms with Crippen LogP contribution >= 0.6 is 0 Å². The fourth-order valence-corrected chi connectivity index (χ4v) is 2.04. The van der Waals surface area contributed by atoms with Crippen LogP contribution in [0.1, 0.15) is 12.8 Å². The Hall–Kier alpha value is -1.34. The summed E-state index contributed by atoms with van der Waals surface area (Å²) in [6.45, 7) is 0.831. The molecule has 0 saturated carbocycles.